The lowest BCUT2D eigenvalue weighted by atomic mass is 10.1. The van der Waals surface area contributed by atoms with E-state index in [1.54, 1.807) is 30.0 Å². The van der Waals surface area contributed by atoms with Crippen LogP contribution in [-0.4, -0.2) is 38.4 Å². The number of methoxy groups -OCH3 is 1. The van der Waals surface area contributed by atoms with Crippen LogP contribution in [0.25, 0.3) is 27.0 Å². The molecule has 0 unspecified atom stereocenters. The van der Waals surface area contributed by atoms with Crippen LogP contribution in [-0.2, 0) is 4.79 Å². The highest BCUT2D eigenvalue weighted by Crippen LogP contribution is 2.36. The molecule has 2 aromatic carbocycles. The van der Waals surface area contributed by atoms with E-state index in [9.17, 15) is 9.18 Å². The van der Waals surface area contributed by atoms with Crippen molar-refractivity contribution in [3.8, 4) is 16.9 Å². The molecule has 0 aliphatic carbocycles. The van der Waals surface area contributed by atoms with Crippen LogP contribution < -0.4 is 10.1 Å². The number of nitrogens with zero attached hydrogens (tertiary/aromatic N) is 4. The average Bonchev–Trinajstić information content (AvgIpc) is 3.42. The van der Waals surface area contributed by atoms with Gasteiger partial charge < -0.3 is 10.1 Å². The molecule has 33 heavy (non-hydrogen) atoms. The Morgan fingerprint density at radius 3 is 2.82 bits per heavy atom. The van der Waals surface area contributed by atoms with E-state index in [1.165, 1.54) is 35.2 Å². The van der Waals surface area contributed by atoms with Crippen molar-refractivity contribution < 1.29 is 13.9 Å². The van der Waals surface area contributed by atoms with Crippen LogP contribution in [0.1, 0.15) is 5.56 Å². The first kappa shape index (κ1) is 21.4. The van der Waals surface area contributed by atoms with Crippen LogP contribution in [0.15, 0.2) is 59.3 Å². The SMILES string of the molecule is COc1ccc(C)cc1NC(=O)CSc1nnc2c3c(-c4ccc(F)cc4)csc3ncn12. The molecule has 0 atom stereocenters. The Bertz CT molecular complexity index is 1480. The molecular weight excluding hydrogens is 461 g/mol. The third kappa shape index (κ3) is 4.14. The lowest BCUT2D eigenvalue weighted by Crippen LogP contribution is -2.15. The molecule has 0 bridgehead atoms. The van der Waals surface area contributed by atoms with Crippen molar-refractivity contribution in [3.63, 3.8) is 0 Å². The van der Waals surface area contributed by atoms with E-state index in [4.69, 9.17) is 4.74 Å². The molecule has 5 rings (SSSR count). The van der Waals surface area contributed by atoms with Gasteiger partial charge in [0.15, 0.2) is 10.8 Å². The van der Waals surface area contributed by atoms with Gasteiger partial charge in [-0.3, -0.25) is 9.20 Å². The predicted molar refractivity (Wildman–Crippen MR) is 129 cm³/mol. The lowest BCUT2D eigenvalue weighted by molar-refractivity contribution is -0.113. The summed E-state index contributed by atoms with van der Waals surface area (Å²) in [5.74, 6) is 0.274. The zero-order chi connectivity index (χ0) is 22.9. The molecule has 3 aromatic heterocycles. The van der Waals surface area contributed by atoms with Crippen LogP contribution in [0, 0.1) is 12.7 Å². The number of nitrogens with one attached hydrogen (secondary N) is 1. The fourth-order valence-electron chi connectivity index (χ4n) is 3.50. The van der Waals surface area contributed by atoms with E-state index in [2.05, 4.69) is 20.5 Å². The first-order chi connectivity index (χ1) is 16.0. The summed E-state index contributed by atoms with van der Waals surface area (Å²) in [4.78, 5) is 17.9. The average molecular weight is 480 g/mol. The predicted octanol–water partition coefficient (Wildman–Crippen LogP) is 5.19. The number of thiophene rings is 1. The third-order valence-electron chi connectivity index (χ3n) is 5.07. The van der Waals surface area contributed by atoms with Crippen LogP contribution in [0.5, 0.6) is 5.75 Å². The van der Waals surface area contributed by atoms with Gasteiger partial charge in [0, 0.05) is 10.9 Å². The molecule has 0 aliphatic rings. The minimum absolute atomic E-state index is 0.143. The number of halogens is 1. The quantitative estimate of drug-likeness (QED) is 0.338. The Morgan fingerprint density at radius 2 is 2.03 bits per heavy atom. The van der Waals surface area contributed by atoms with E-state index in [-0.39, 0.29) is 17.5 Å². The molecule has 0 aliphatic heterocycles. The Labute approximate surface area is 196 Å². The summed E-state index contributed by atoms with van der Waals surface area (Å²) in [5, 5.41) is 14.9. The van der Waals surface area contributed by atoms with Crippen LogP contribution in [0.4, 0.5) is 10.1 Å². The summed E-state index contributed by atoms with van der Waals surface area (Å²) in [6.07, 6.45) is 1.66. The summed E-state index contributed by atoms with van der Waals surface area (Å²) in [5.41, 5.74) is 4.08. The maximum Gasteiger partial charge on any atom is 0.234 e. The molecule has 3 heterocycles. The fraction of sp³-hybridized carbons (Fsp3) is 0.130. The van der Waals surface area contributed by atoms with E-state index in [1.807, 2.05) is 30.5 Å². The number of carbonyl (C=O) groups excluding carboxylic acids is 1. The molecule has 1 N–H and O–H groups in total. The summed E-state index contributed by atoms with van der Waals surface area (Å²) >= 11 is 2.76. The number of aromatic nitrogens is 4. The number of carbonyl (C=O) groups is 1. The highest BCUT2D eigenvalue weighted by molar-refractivity contribution is 7.99. The van der Waals surface area contributed by atoms with Gasteiger partial charge >= 0.3 is 0 Å². The number of benzene rings is 2. The zero-order valence-electron chi connectivity index (χ0n) is 17.7. The van der Waals surface area contributed by atoms with Crippen molar-refractivity contribution in [2.45, 2.75) is 12.1 Å². The highest BCUT2D eigenvalue weighted by Gasteiger charge is 2.17. The van der Waals surface area contributed by atoms with Gasteiger partial charge in [0.25, 0.3) is 0 Å². The Kier molecular flexibility index (Phi) is 5.69. The largest absolute Gasteiger partial charge is 0.495 e. The number of thioether (sulfide) groups is 1. The smallest absolute Gasteiger partial charge is 0.234 e. The number of fused-ring (bicyclic) bond motifs is 3. The number of amides is 1. The Hall–Kier alpha value is -3.50. The van der Waals surface area contributed by atoms with Gasteiger partial charge in [0.05, 0.1) is 23.9 Å². The summed E-state index contributed by atoms with van der Waals surface area (Å²) in [7, 11) is 1.57. The molecule has 1 amide bonds. The number of aryl methyl sites for hydroxylation is 1. The van der Waals surface area contributed by atoms with Gasteiger partial charge in [-0.05, 0) is 42.3 Å². The van der Waals surface area contributed by atoms with Crippen molar-refractivity contribution >= 4 is 50.6 Å². The molecule has 0 saturated carbocycles. The van der Waals surface area contributed by atoms with Crippen molar-refractivity contribution in [2.75, 3.05) is 18.2 Å². The molecule has 0 spiro atoms. The minimum Gasteiger partial charge on any atom is -0.495 e. The second-order valence-corrected chi connectivity index (χ2v) is 9.10. The van der Waals surface area contributed by atoms with Crippen molar-refractivity contribution in [3.05, 3.63) is 65.6 Å². The maximum absolute atomic E-state index is 13.4. The number of rotatable bonds is 6. The number of hydrogen-bond donors (Lipinski definition) is 1. The monoisotopic (exact) mass is 479 g/mol. The van der Waals surface area contributed by atoms with Gasteiger partial charge in [0.2, 0.25) is 5.91 Å². The topological polar surface area (TPSA) is 81.4 Å². The number of hydrogen-bond acceptors (Lipinski definition) is 7. The molecule has 7 nitrogen and oxygen atoms in total. The Balaban J connectivity index is 1.40. The normalized spacial score (nSPS) is 11.2. The Morgan fingerprint density at radius 1 is 1.21 bits per heavy atom. The summed E-state index contributed by atoms with van der Waals surface area (Å²) in [6.45, 7) is 1.95. The molecule has 5 aromatic rings. The van der Waals surface area contributed by atoms with Crippen molar-refractivity contribution in [1.82, 2.24) is 19.6 Å². The zero-order valence-corrected chi connectivity index (χ0v) is 19.3. The summed E-state index contributed by atoms with van der Waals surface area (Å²) in [6, 6.07) is 11.9. The maximum atomic E-state index is 13.4. The third-order valence-corrected chi connectivity index (χ3v) is 6.90. The molecule has 0 radical (unpaired) electrons. The van der Waals surface area contributed by atoms with Crippen molar-refractivity contribution in [2.24, 2.45) is 0 Å². The van der Waals surface area contributed by atoms with Crippen LogP contribution in [0.3, 0.4) is 0 Å². The standard InChI is InChI=1S/C23H18FN5O2S2/c1-13-3-8-18(31-2)17(9-13)26-19(30)11-33-23-28-27-21-20-16(14-4-6-15(24)7-5-14)10-32-22(20)25-12-29(21)23/h3-10,12H,11H2,1-2H3,(H,26,30). The van der Waals surface area contributed by atoms with Gasteiger partial charge in [-0.25, -0.2) is 9.37 Å². The second kappa shape index (κ2) is 8.80. The van der Waals surface area contributed by atoms with Gasteiger partial charge in [-0.2, -0.15) is 0 Å². The van der Waals surface area contributed by atoms with Gasteiger partial charge in [-0.15, -0.1) is 21.5 Å². The van der Waals surface area contributed by atoms with Crippen LogP contribution >= 0.6 is 23.1 Å². The first-order valence-corrected chi connectivity index (χ1v) is 11.8. The lowest BCUT2D eigenvalue weighted by Gasteiger charge is -2.10. The number of ether oxygens (including phenoxy) is 1. The molecule has 166 valence electrons. The van der Waals surface area contributed by atoms with E-state index >= 15 is 0 Å². The second-order valence-electron chi connectivity index (χ2n) is 7.30. The van der Waals surface area contributed by atoms with Gasteiger partial charge in [-0.1, -0.05) is 30.0 Å². The van der Waals surface area contributed by atoms with Crippen LogP contribution in [0.2, 0.25) is 0 Å². The molecule has 0 fully saturated rings. The molecular formula is C23H18FN5O2S2. The minimum atomic E-state index is -0.288. The molecule has 0 saturated heterocycles. The first-order valence-electron chi connectivity index (χ1n) is 9.97. The van der Waals surface area contributed by atoms with Gasteiger partial charge in [0.1, 0.15) is 22.7 Å². The summed E-state index contributed by atoms with van der Waals surface area (Å²) < 4.78 is 20.5. The highest BCUT2D eigenvalue weighted by atomic mass is 32.2. The fourth-order valence-corrected chi connectivity index (χ4v) is 5.11. The molecule has 10 heteroatoms. The van der Waals surface area contributed by atoms with Crippen molar-refractivity contribution in [1.29, 1.82) is 0 Å². The van der Waals surface area contributed by atoms with E-state index < -0.39 is 0 Å². The van der Waals surface area contributed by atoms with E-state index in [0.717, 1.165) is 26.9 Å². The van der Waals surface area contributed by atoms with E-state index in [0.29, 0.717) is 22.2 Å². The number of anilines is 1.